The zero-order valence-electron chi connectivity index (χ0n) is 12.6. The summed E-state index contributed by atoms with van der Waals surface area (Å²) in [6.07, 6.45) is 2.05. The highest BCUT2D eigenvalue weighted by Gasteiger charge is 2.13. The van der Waals surface area contributed by atoms with Crippen LogP contribution in [0.1, 0.15) is 0 Å². The molecule has 2 heterocycles. The van der Waals surface area contributed by atoms with Crippen LogP contribution in [0.4, 0.5) is 0 Å². The van der Waals surface area contributed by atoms with Crippen LogP contribution in [0.3, 0.4) is 0 Å². The Labute approximate surface area is 146 Å². The molecule has 0 unspecified atom stereocenters. The lowest BCUT2D eigenvalue weighted by atomic mass is 10.0. The van der Waals surface area contributed by atoms with E-state index in [9.17, 15) is 0 Å². The van der Waals surface area contributed by atoms with Gasteiger partial charge in [-0.05, 0) is 28.3 Å². The van der Waals surface area contributed by atoms with Crippen LogP contribution in [0.5, 0.6) is 0 Å². The summed E-state index contributed by atoms with van der Waals surface area (Å²) in [5.74, 6) is 0.861. The van der Waals surface area contributed by atoms with Gasteiger partial charge in [0.05, 0.1) is 0 Å². The van der Waals surface area contributed by atoms with E-state index in [4.69, 9.17) is 0 Å². The molecule has 0 radical (unpaired) electrons. The molecule has 0 aliphatic carbocycles. The third kappa shape index (κ3) is 1.90. The van der Waals surface area contributed by atoms with Crippen molar-refractivity contribution in [2.75, 3.05) is 0 Å². The lowest BCUT2D eigenvalue weighted by molar-refractivity contribution is 1.11. The number of hydrogen-bond acceptors (Lipinski definition) is 2. The molecule has 0 aliphatic heterocycles. The maximum absolute atomic E-state index is 4.49. The van der Waals surface area contributed by atoms with Crippen molar-refractivity contribution in [2.24, 2.45) is 0 Å². The molecule has 2 aromatic heterocycles. The highest BCUT2D eigenvalue weighted by atomic mass is 79.9. The highest BCUT2D eigenvalue weighted by Crippen LogP contribution is 2.32. The molecule has 0 spiro atoms. The minimum atomic E-state index is 0.861. The second kappa shape index (κ2) is 5.14. The summed E-state index contributed by atoms with van der Waals surface area (Å²) in [5.41, 5.74) is 1.96. The SMILES string of the molecule is Brc1cccc2c(-c3nnc4c5ccccc5ccn34)cccc12. The predicted octanol–water partition coefficient (Wildman–Crippen LogP) is 5.47. The predicted molar refractivity (Wildman–Crippen MR) is 101 cm³/mol. The van der Waals surface area contributed by atoms with Gasteiger partial charge >= 0.3 is 0 Å². The van der Waals surface area contributed by atoms with Crippen molar-refractivity contribution >= 4 is 43.1 Å². The van der Waals surface area contributed by atoms with Gasteiger partial charge in [0, 0.05) is 21.6 Å². The Bertz CT molecular complexity index is 1220. The minimum absolute atomic E-state index is 0.861. The maximum atomic E-state index is 4.49. The van der Waals surface area contributed by atoms with Crippen molar-refractivity contribution in [3.05, 3.63) is 77.4 Å². The van der Waals surface area contributed by atoms with E-state index in [1.54, 1.807) is 0 Å². The smallest absolute Gasteiger partial charge is 0.168 e. The Kier molecular flexibility index (Phi) is 2.94. The molecule has 0 saturated carbocycles. The first-order valence-electron chi connectivity index (χ1n) is 7.73. The van der Waals surface area contributed by atoms with Crippen LogP contribution in [0.15, 0.2) is 77.4 Å². The van der Waals surface area contributed by atoms with Gasteiger partial charge in [-0.2, -0.15) is 0 Å². The lowest BCUT2D eigenvalue weighted by Gasteiger charge is -2.07. The maximum Gasteiger partial charge on any atom is 0.168 e. The standard InChI is InChI=1S/C20H12BrN3/c21-18-10-4-7-15-16(18)8-3-9-17(15)20-23-22-19-14-6-2-1-5-13(14)11-12-24(19)20/h1-12H. The van der Waals surface area contributed by atoms with Gasteiger partial charge in [-0.1, -0.05) is 70.5 Å². The molecule has 0 N–H and O–H groups in total. The number of hydrogen-bond donors (Lipinski definition) is 0. The van der Waals surface area contributed by atoms with Crippen molar-refractivity contribution in [3.63, 3.8) is 0 Å². The van der Waals surface area contributed by atoms with Gasteiger partial charge in [0.15, 0.2) is 11.5 Å². The largest absolute Gasteiger partial charge is 0.282 e. The first-order valence-corrected chi connectivity index (χ1v) is 8.52. The van der Waals surface area contributed by atoms with E-state index in [2.05, 4.69) is 85.1 Å². The van der Waals surface area contributed by atoms with Crippen LogP contribution in [-0.2, 0) is 0 Å². The van der Waals surface area contributed by atoms with Crippen LogP contribution in [0.2, 0.25) is 0 Å². The summed E-state index contributed by atoms with van der Waals surface area (Å²) in [5, 5.41) is 13.6. The van der Waals surface area contributed by atoms with Crippen LogP contribution in [-0.4, -0.2) is 14.6 Å². The highest BCUT2D eigenvalue weighted by molar-refractivity contribution is 9.10. The van der Waals surface area contributed by atoms with Crippen LogP contribution in [0, 0.1) is 0 Å². The van der Waals surface area contributed by atoms with E-state index >= 15 is 0 Å². The van der Waals surface area contributed by atoms with Gasteiger partial charge in [-0.15, -0.1) is 10.2 Å². The molecule has 3 aromatic carbocycles. The summed E-state index contributed by atoms with van der Waals surface area (Å²) >= 11 is 3.63. The molecule has 5 aromatic rings. The molecule has 4 heteroatoms. The van der Waals surface area contributed by atoms with Crippen LogP contribution < -0.4 is 0 Å². The summed E-state index contributed by atoms with van der Waals surface area (Å²) in [6, 6.07) is 22.9. The van der Waals surface area contributed by atoms with E-state index in [0.29, 0.717) is 0 Å². The van der Waals surface area contributed by atoms with Gasteiger partial charge in [0.25, 0.3) is 0 Å². The Morgan fingerprint density at radius 2 is 1.50 bits per heavy atom. The van der Waals surface area contributed by atoms with Gasteiger partial charge < -0.3 is 0 Å². The molecule has 3 nitrogen and oxygen atoms in total. The molecule has 24 heavy (non-hydrogen) atoms. The fourth-order valence-corrected chi connectivity index (χ4v) is 3.77. The van der Waals surface area contributed by atoms with Crippen LogP contribution >= 0.6 is 15.9 Å². The number of benzene rings is 3. The fraction of sp³-hybridized carbons (Fsp3) is 0. The van der Waals surface area contributed by atoms with Gasteiger partial charge in [-0.3, -0.25) is 4.40 Å². The number of halogens is 1. The van der Waals surface area contributed by atoms with Crippen molar-refractivity contribution < 1.29 is 0 Å². The number of pyridine rings is 1. The molecule has 0 fully saturated rings. The van der Waals surface area contributed by atoms with Crippen molar-refractivity contribution in [2.45, 2.75) is 0 Å². The summed E-state index contributed by atoms with van der Waals surface area (Å²) < 4.78 is 3.15. The Morgan fingerprint density at radius 1 is 0.708 bits per heavy atom. The Balaban J connectivity index is 1.88. The summed E-state index contributed by atoms with van der Waals surface area (Å²) in [7, 11) is 0. The number of nitrogens with zero attached hydrogens (tertiary/aromatic N) is 3. The quantitative estimate of drug-likeness (QED) is 0.390. The molecule has 0 saturated heterocycles. The molecular weight excluding hydrogens is 362 g/mol. The zero-order valence-corrected chi connectivity index (χ0v) is 14.2. The normalized spacial score (nSPS) is 11.5. The Hall–Kier alpha value is -2.72. The fourth-order valence-electron chi connectivity index (χ4n) is 3.27. The molecule has 0 atom stereocenters. The molecular formula is C20H12BrN3. The number of rotatable bonds is 1. The van der Waals surface area contributed by atoms with Gasteiger partial charge in [-0.25, -0.2) is 0 Å². The topological polar surface area (TPSA) is 30.2 Å². The van der Waals surface area contributed by atoms with E-state index in [1.807, 2.05) is 18.3 Å². The Morgan fingerprint density at radius 3 is 2.46 bits per heavy atom. The monoisotopic (exact) mass is 373 g/mol. The first-order chi connectivity index (χ1) is 11.8. The average Bonchev–Trinajstić information content (AvgIpc) is 3.06. The molecule has 5 rings (SSSR count). The molecule has 0 bridgehead atoms. The average molecular weight is 374 g/mol. The van der Waals surface area contributed by atoms with Gasteiger partial charge in [0.2, 0.25) is 0 Å². The third-order valence-electron chi connectivity index (χ3n) is 4.41. The summed E-state index contributed by atoms with van der Waals surface area (Å²) in [4.78, 5) is 0. The van der Waals surface area contributed by atoms with E-state index < -0.39 is 0 Å². The number of aromatic nitrogens is 3. The molecule has 0 aliphatic rings. The molecule has 0 amide bonds. The first kappa shape index (κ1) is 13.7. The number of fused-ring (bicyclic) bond motifs is 4. The second-order valence-corrected chi connectivity index (χ2v) is 6.62. The molecule has 114 valence electrons. The van der Waals surface area contributed by atoms with Crippen molar-refractivity contribution in [1.82, 2.24) is 14.6 Å². The van der Waals surface area contributed by atoms with Crippen molar-refractivity contribution in [3.8, 4) is 11.4 Å². The van der Waals surface area contributed by atoms with E-state index in [-0.39, 0.29) is 0 Å². The van der Waals surface area contributed by atoms with Crippen molar-refractivity contribution in [1.29, 1.82) is 0 Å². The summed E-state index contributed by atoms with van der Waals surface area (Å²) in [6.45, 7) is 0. The third-order valence-corrected chi connectivity index (χ3v) is 5.10. The van der Waals surface area contributed by atoms with E-state index in [0.717, 1.165) is 32.3 Å². The van der Waals surface area contributed by atoms with Crippen LogP contribution in [0.25, 0.3) is 38.6 Å². The lowest BCUT2D eigenvalue weighted by Crippen LogP contribution is -1.91. The second-order valence-electron chi connectivity index (χ2n) is 5.76. The van der Waals surface area contributed by atoms with E-state index in [1.165, 1.54) is 10.8 Å². The zero-order chi connectivity index (χ0) is 16.1. The minimum Gasteiger partial charge on any atom is -0.282 e. The van der Waals surface area contributed by atoms with Gasteiger partial charge in [0.1, 0.15) is 0 Å².